The number of nitrogens with one attached hydrogen (secondary N) is 1. The fraction of sp³-hybridized carbons (Fsp3) is 0.286. The van der Waals surface area contributed by atoms with E-state index >= 15 is 0 Å². The van der Waals surface area contributed by atoms with Crippen molar-refractivity contribution in [2.45, 2.75) is 38.3 Å². The van der Waals surface area contributed by atoms with Gasteiger partial charge in [-0.25, -0.2) is 12.8 Å². The molecule has 0 radical (unpaired) electrons. The van der Waals surface area contributed by atoms with Gasteiger partial charge in [0.1, 0.15) is 18.4 Å². The van der Waals surface area contributed by atoms with Gasteiger partial charge in [0.05, 0.1) is 15.6 Å². The average Bonchev–Trinajstić information content (AvgIpc) is 2.91. The number of amides is 2. The Morgan fingerprint density at radius 2 is 1.59 bits per heavy atom. The highest BCUT2D eigenvalue weighted by atomic mass is 35.5. The highest BCUT2D eigenvalue weighted by Crippen LogP contribution is 2.33. The Balaban J connectivity index is 2.05. The Morgan fingerprint density at radius 3 is 2.23 bits per heavy atom. The summed E-state index contributed by atoms with van der Waals surface area (Å²) in [5, 5.41) is 3.04. The lowest BCUT2D eigenvalue weighted by Crippen LogP contribution is -2.51. The largest absolute Gasteiger partial charge is 0.354 e. The molecule has 0 unspecified atom stereocenters. The summed E-state index contributed by atoms with van der Waals surface area (Å²) in [7, 11) is -4.30. The Bertz CT molecular complexity index is 1420. The Hall–Kier alpha value is -3.14. The number of hydrogen-bond donors (Lipinski definition) is 1. The van der Waals surface area contributed by atoms with Crippen molar-refractivity contribution in [2.75, 3.05) is 17.4 Å². The van der Waals surface area contributed by atoms with Gasteiger partial charge in [-0.2, -0.15) is 0 Å². The number of halogens is 3. The highest BCUT2D eigenvalue weighted by Gasteiger charge is 2.33. The summed E-state index contributed by atoms with van der Waals surface area (Å²) in [5.41, 5.74) is 0.164. The number of hydrogen-bond acceptors (Lipinski definition) is 4. The van der Waals surface area contributed by atoms with Gasteiger partial charge in [0.25, 0.3) is 10.0 Å². The van der Waals surface area contributed by atoms with Crippen LogP contribution in [-0.4, -0.2) is 44.3 Å². The lowest BCUT2D eigenvalue weighted by molar-refractivity contribution is -0.139. The predicted molar refractivity (Wildman–Crippen MR) is 152 cm³/mol. The number of carbonyl (C=O) groups excluding carboxylic acids is 2. The third-order valence-corrected chi connectivity index (χ3v) is 8.27. The normalized spacial score (nSPS) is 12.2. The Labute approximate surface area is 238 Å². The summed E-state index contributed by atoms with van der Waals surface area (Å²) in [6, 6.07) is 16.7. The van der Waals surface area contributed by atoms with Crippen molar-refractivity contribution < 1.29 is 22.4 Å². The molecule has 11 heteroatoms. The molecule has 208 valence electrons. The molecule has 2 amide bonds. The first-order valence-electron chi connectivity index (χ1n) is 12.2. The standard InChI is InChI=1S/C28H30Cl2FN3O4S/c1-19(2)16-32-28(36)20(3)33(17-21-9-7-8-12-25(21)31)27(35)18-34(26-15-22(29)13-14-24(26)30)39(37,38)23-10-5-4-6-11-23/h4-15,19-20H,16-18H2,1-3H3,(H,32,36)/t20-/m1/s1. The van der Waals surface area contributed by atoms with Crippen LogP contribution in [0.25, 0.3) is 0 Å². The Morgan fingerprint density at radius 1 is 0.949 bits per heavy atom. The van der Waals surface area contributed by atoms with Gasteiger partial charge in [-0.05, 0) is 49.2 Å². The molecule has 0 aliphatic rings. The van der Waals surface area contributed by atoms with E-state index in [-0.39, 0.29) is 38.7 Å². The molecule has 0 aromatic heterocycles. The molecule has 0 heterocycles. The summed E-state index contributed by atoms with van der Waals surface area (Å²) in [5.74, 6) is -1.59. The molecule has 0 aliphatic heterocycles. The molecule has 3 aromatic carbocycles. The molecule has 0 fully saturated rings. The SMILES string of the molecule is CC(C)CNC(=O)[C@@H](C)N(Cc1ccccc1F)C(=O)CN(c1cc(Cl)ccc1Cl)S(=O)(=O)c1ccccc1. The van der Waals surface area contributed by atoms with E-state index in [1.807, 2.05) is 13.8 Å². The number of rotatable bonds is 11. The minimum atomic E-state index is -4.30. The van der Waals surface area contributed by atoms with E-state index in [1.54, 1.807) is 24.3 Å². The molecule has 0 saturated carbocycles. The fourth-order valence-corrected chi connectivity index (χ4v) is 5.64. The molecule has 1 N–H and O–H groups in total. The molecule has 39 heavy (non-hydrogen) atoms. The minimum Gasteiger partial charge on any atom is -0.354 e. The summed E-state index contributed by atoms with van der Waals surface area (Å²) in [6.45, 7) is 4.76. The van der Waals surface area contributed by atoms with Gasteiger partial charge in [0.2, 0.25) is 11.8 Å². The summed E-state index contributed by atoms with van der Waals surface area (Å²) >= 11 is 12.5. The van der Waals surface area contributed by atoms with Gasteiger partial charge in [0, 0.05) is 23.7 Å². The maximum absolute atomic E-state index is 14.6. The summed E-state index contributed by atoms with van der Waals surface area (Å²) in [4.78, 5) is 27.9. The first-order valence-corrected chi connectivity index (χ1v) is 14.4. The van der Waals surface area contributed by atoms with E-state index in [4.69, 9.17) is 23.2 Å². The van der Waals surface area contributed by atoms with Gasteiger partial charge in [-0.1, -0.05) is 73.4 Å². The number of carbonyl (C=O) groups is 2. The first kappa shape index (κ1) is 30.4. The van der Waals surface area contributed by atoms with Gasteiger partial charge in [0.15, 0.2) is 0 Å². The number of nitrogens with zero attached hydrogens (tertiary/aromatic N) is 2. The smallest absolute Gasteiger partial charge is 0.264 e. The van der Waals surface area contributed by atoms with Crippen LogP contribution >= 0.6 is 23.2 Å². The average molecular weight is 595 g/mol. The summed E-state index contributed by atoms with van der Waals surface area (Å²) in [6.07, 6.45) is 0. The van der Waals surface area contributed by atoms with Crippen molar-refractivity contribution in [3.8, 4) is 0 Å². The molecule has 7 nitrogen and oxygen atoms in total. The highest BCUT2D eigenvalue weighted by molar-refractivity contribution is 7.92. The van der Waals surface area contributed by atoms with E-state index in [0.29, 0.717) is 6.54 Å². The number of anilines is 1. The minimum absolute atomic E-state index is 0.0101. The second-order valence-corrected chi connectivity index (χ2v) is 12.1. The van der Waals surface area contributed by atoms with Gasteiger partial charge < -0.3 is 10.2 Å². The zero-order valence-electron chi connectivity index (χ0n) is 21.8. The zero-order chi connectivity index (χ0) is 28.7. The fourth-order valence-electron chi connectivity index (χ4n) is 3.76. The number of sulfonamides is 1. The van der Waals surface area contributed by atoms with Crippen LogP contribution < -0.4 is 9.62 Å². The third-order valence-electron chi connectivity index (χ3n) is 5.94. The topological polar surface area (TPSA) is 86.8 Å². The van der Waals surface area contributed by atoms with Crippen molar-refractivity contribution in [3.05, 3.63) is 94.2 Å². The van der Waals surface area contributed by atoms with Crippen LogP contribution in [0.2, 0.25) is 10.0 Å². The van der Waals surface area contributed by atoms with Crippen LogP contribution in [-0.2, 0) is 26.2 Å². The van der Waals surface area contributed by atoms with Crippen molar-refractivity contribution in [2.24, 2.45) is 5.92 Å². The maximum atomic E-state index is 14.6. The molecule has 0 spiro atoms. The predicted octanol–water partition coefficient (Wildman–Crippen LogP) is 5.52. The van der Waals surface area contributed by atoms with Crippen LogP contribution in [0.5, 0.6) is 0 Å². The Kier molecular flexibility index (Phi) is 10.4. The molecule has 3 aromatic rings. The quantitative estimate of drug-likeness (QED) is 0.317. The van der Waals surface area contributed by atoms with E-state index in [2.05, 4.69) is 5.32 Å². The van der Waals surface area contributed by atoms with Crippen LogP contribution in [0.15, 0.2) is 77.7 Å². The second-order valence-electron chi connectivity index (χ2n) is 9.35. The van der Waals surface area contributed by atoms with Crippen LogP contribution in [0.3, 0.4) is 0 Å². The van der Waals surface area contributed by atoms with Crippen molar-refractivity contribution in [1.82, 2.24) is 10.2 Å². The molecule has 1 atom stereocenters. The number of benzene rings is 3. The van der Waals surface area contributed by atoms with E-state index in [9.17, 15) is 22.4 Å². The van der Waals surface area contributed by atoms with Gasteiger partial charge >= 0.3 is 0 Å². The molecular weight excluding hydrogens is 564 g/mol. The molecular formula is C28H30Cl2FN3O4S. The third kappa shape index (κ3) is 7.71. The van der Waals surface area contributed by atoms with Crippen molar-refractivity contribution in [1.29, 1.82) is 0 Å². The van der Waals surface area contributed by atoms with Crippen LogP contribution in [0.4, 0.5) is 10.1 Å². The molecule has 0 bridgehead atoms. The van der Waals surface area contributed by atoms with Gasteiger partial charge in [-0.15, -0.1) is 0 Å². The van der Waals surface area contributed by atoms with E-state index < -0.39 is 40.2 Å². The lowest BCUT2D eigenvalue weighted by atomic mass is 10.1. The van der Waals surface area contributed by atoms with Crippen molar-refractivity contribution in [3.63, 3.8) is 0 Å². The lowest BCUT2D eigenvalue weighted by Gasteiger charge is -2.32. The van der Waals surface area contributed by atoms with E-state index in [0.717, 1.165) is 9.21 Å². The van der Waals surface area contributed by atoms with Gasteiger partial charge in [-0.3, -0.25) is 13.9 Å². The molecule has 0 aliphatic carbocycles. The van der Waals surface area contributed by atoms with Crippen molar-refractivity contribution >= 4 is 50.7 Å². The first-order chi connectivity index (χ1) is 18.4. The maximum Gasteiger partial charge on any atom is 0.264 e. The van der Waals surface area contributed by atoms with E-state index in [1.165, 1.54) is 55.5 Å². The molecule has 3 rings (SSSR count). The zero-order valence-corrected chi connectivity index (χ0v) is 24.1. The van der Waals surface area contributed by atoms with Crippen LogP contribution in [0, 0.1) is 11.7 Å². The second kappa shape index (κ2) is 13.3. The summed E-state index contributed by atoms with van der Waals surface area (Å²) < 4.78 is 43.0. The monoisotopic (exact) mass is 593 g/mol. The molecule has 0 saturated heterocycles. The van der Waals surface area contributed by atoms with Crippen LogP contribution in [0.1, 0.15) is 26.3 Å².